The monoisotopic (exact) mass is 241 g/mol. The number of hydrogen-bond donors (Lipinski definition) is 2. The standard InChI is InChI=1S/C7H7N5OS2/c1-8-6-12-11-5(15-6)4(13)10-7-9-2-3-14-7/h2-3H,1H3,(H,8,12)(H,9,10,13). The molecular weight excluding hydrogens is 234 g/mol. The zero-order valence-electron chi connectivity index (χ0n) is 7.72. The molecule has 8 heteroatoms. The summed E-state index contributed by atoms with van der Waals surface area (Å²) in [6.45, 7) is 0. The number of thiazole rings is 1. The van der Waals surface area contributed by atoms with Gasteiger partial charge in [-0.25, -0.2) is 4.98 Å². The number of rotatable bonds is 3. The quantitative estimate of drug-likeness (QED) is 0.846. The van der Waals surface area contributed by atoms with Gasteiger partial charge in [0.2, 0.25) is 10.1 Å². The summed E-state index contributed by atoms with van der Waals surface area (Å²) >= 11 is 2.55. The summed E-state index contributed by atoms with van der Waals surface area (Å²) in [5.41, 5.74) is 0. The Labute approximate surface area is 93.4 Å². The van der Waals surface area contributed by atoms with Gasteiger partial charge in [-0.2, -0.15) is 0 Å². The molecule has 0 aromatic carbocycles. The van der Waals surface area contributed by atoms with Crippen LogP contribution in [0.15, 0.2) is 11.6 Å². The highest BCUT2D eigenvalue weighted by Crippen LogP contribution is 2.17. The summed E-state index contributed by atoms with van der Waals surface area (Å²) in [5, 5.41) is 16.2. The van der Waals surface area contributed by atoms with Crippen molar-refractivity contribution in [3.63, 3.8) is 0 Å². The molecule has 2 aromatic heterocycles. The van der Waals surface area contributed by atoms with Gasteiger partial charge in [-0.3, -0.25) is 10.1 Å². The zero-order chi connectivity index (χ0) is 10.7. The van der Waals surface area contributed by atoms with Gasteiger partial charge in [-0.1, -0.05) is 11.3 Å². The van der Waals surface area contributed by atoms with E-state index in [-0.39, 0.29) is 5.91 Å². The number of amides is 1. The van der Waals surface area contributed by atoms with Crippen molar-refractivity contribution in [1.82, 2.24) is 15.2 Å². The predicted molar refractivity (Wildman–Crippen MR) is 59.5 cm³/mol. The summed E-state index contributed by atoms with van der Waals surface area (Å²) < 4.78 is 0. The molecule has 0 aliphatic carbocycles. The molecule has 0 atom stereocenters. The number of nitrogens with zero attached hydrogens (tertiary/aromatic N) is 3. The Morgan fingerprint density at radius 1 is 1.40 bits per heavy atom. The molecule has 2 N–H and O–H groups in total. The third-order valence-corrected chi connectivity index (χ3v) is 3.11. The highest BCUT2D eigenvalue weighted by atomic mass is 32.1. The SMILES string of the molecule is CNc1nnc(C(=O)Nc2nccs2)s1. The molecule has 2 rings (SSSR count). The van der Waals surface area contributed by atoms with E-state index in [4.69, 9.17) is 0 Å². The van der Waals surface area contributed by atoms with E-state index in [1.54, 1.807) is 18.6 Å². The minimum atomic E-state index is -0.288. The summed E-state index contributed by atoms with van der Waals surface area (Å²) in [4.78, 5) is 15.5. The van der Waals surface area contributed by atoms with Gasteiger partial charge in [0.05, 0.1) is 0 Å². The smallest absolute Gasteiger partial charge is 0.288 e. The Kier molecular flexibility index (Phi) is 2.88. The van der Waals surface area contributed by atoms with E-state index in [0.29, 0.717) is 15.3 Å². The first-order valence-electron chi connectivity index (χ1n) is 4.01. The molecule has 0 aliphatic rings. The molecule has 0 radical (unpaired) electrons. The number of anilines is 2. The van der Waals surface area contributed by atoms with E-state index in [1.807, 2.05) is 0 Å². The summed E-state index contributed by atoms with van der Waals surface area (Å²) in [7, 11) is 1.73. The Balaban J connectivity index is 2.08. The maximum absolute atomic E-state index is 11.6. The average Bonchev–Trinajstić information content (AvgIpc) is 2.86. The fourth-order valence-corrected chi connectivity index (χ4v) is 1.97. The Morgan fingerprint density at radius 3 is 2.87 bits per heavy atom. The largest absolute Gasteiger partial charge is 0.363 e. The molecule has 6 nitrogen and oxygen atoms in total. The van der Waals surface area contributed by atoms with Crippen LogP contribution in [-0.4, -0.2) is 28.1 Å². The van der Waals surface area contributed by atoms with Crippen LogP contribution in [0.4, 0.5) is 10.3 Å². The van der Waals surface area contributed by atoms with Crippen LogP contribution in [0.1, 0.15) is 9.80 Å². The highest BCUT2D eigenvalue weighted by molar-refractivity contribution is 7.17. The van der Waals surface area contributed by atoms with Crippen LogP contribution < -0.4 is 10.6 Å². The zero-order valence-corrected chi connectivity index (χ0v) is 9.35. The Morgan fingerprint density at radius 2 is 2.27 bits per heavy atom. The highest BCUT2D eigenvalue weighted by Gasteiger charge is 2.13. The average molecular weight is 241 g/mol. The molecule has 15 heavy (non-hydrogen) atoms. The van der Waals surface area contributed by atoms with Crippen LogP contribution in [-0.2, 0) is 0 Å². The number of hydrogen-bond acceptors (Lipinski definition) is 7. The van der Waals surface area contributed by atoms with Gasteiger partial charge in [0.25, 0.3) is 5.91 Å². The van der Waals surface area contributed by atoms with Crippen LogP contribution in [0, 0.1) is 0 Å². The minimum Gasteiger partial charge on any atom is -0.363 e. The maximum atomic E-state index is 11.6. The van der Waals surface area contributed by atoms with Crippen LogP contribution in [0.2, 0.25) is 0 Å². The van der Waals surface area contributed by atoms with Crippen LogP contribution in [0.3, 0.4) is 0 Å². The topological polar surface area (TPSA) is 79.8 Å². The maximum Gasteiger partial charge on any atom is 0.288 e. The van der Waals surface area contributed by atoms with E-state index < -0.39 is 0 Å². The molecule has 0 saturated carbocycles. The van der Waals surface area contributed by atoms with Crippen molar-refractivity contribution in [1.29, 1.82) is 0 Å². The molecule has 1 amide bonds. The molecular formula is C7H7N5OS2. The van der Waals surface area contributed by atoms with Crippen molar-refractivity contribution in [3.8, 4) is 0 Å². The lowest BCUT2D eigenvalue weighted by Gasteiger charge is -1.95. The molecule has 0 spiro atoms. The van der Waals surface area contributed by atoms with Gasteiger partial charge in [-0.05, 0) is 0 Å². The van der Waals surface area contributed by atoms with Gasteiger partial charge in [-0.15, -0.1) is 21.5 Å². The lowest BCUT2D eigenvalue weighted by Crippen LogP contribution is -2.11. The second-order valence-electron chi connectivity index (χ2n) is 2.45. The Bertz CT molecular complexity index is 452. The molecule has 0 bridgehead atoms. The number of carbonyl (C=O) groups is 1. The van der Waals surface area contributed by atoms with E-state index in [1.165, 1.54) is 22.7 Å². The van der Waals surface area contributed by atoms with Crippen molar-refractivity contribution in [3.05, 3.63) is 16.6 Å². The van der Waals surface area contributed by atoms with Crippen molar-refractivity contribution < 1.29 is 4.79 Å². The number of aromatic nitrogens is 3. The van der Waals surface area contributed by atoms with E-state index in [0.717, 1.165) is 0 Å². The van der Waals surface area contributed by atoms with Crippen molar-refractivity contribution >= 4 is 38.8 Å². The van der Waals surface area contributed by atoms with E-state index in [9.17, 15) is 4.79 Å². The van der Waals surface area contributed by atoms with E-state index >= 15 is 0 Å². The molecule has 2 aromatic rings. The number of nitrogens with one attached hydrogen (secondary N) is 2. The third-order valence-electron chi connectivity index (χ3n) is 1.49. The second-order valence-corrected chi connectivity index (χ2v) is 4.33. The van der Waals surface area contributed by atoms with Crippen molar-refractivity contribution in [2.75, 3.05) is 17.7 Å². The molecule has 78 valence electrons. The first-order chi connectivity index (χ1) is 7.29. The van der Waals surface area contributed by atoms with Crippen LogP contribution >= 0.6 is 22.7 Å². The van der Waals surface area contributed by atoms with Gasteiger partial charge in [0.15, 0.2) is 5.13 Å². The van der Waals surface area contributed by atoms with Gasteiger partial charge >= 0.3 is 0 Å². The molecule has 0 aliphatic heterocycles. The second kappa shape index (κ2) is 4.32. The normalized spacial score (nSPS) is 9.93. The summed E-state index contributed by atoms with van der Waals surface area (Å²) in [6, 6.07) is 0. The van der Waals surface area contributed by atoms with E-state index in [2.05, 4.69) is 25.8 Å². The van der Waals surface area contributed by atoms with Gasteiger partial charge in [0.1, 0.15) is 0 Å². The number of carbonyl (C=O) groups excluding carboxylic acids is 1. The fourth-order valence-electron chi connectivity index (χ4n) is 0.852. The summed E-state index contributed by atoms with van der Waals surface area (Å²) in [6.07, 6.45) is 1.62. The van der Waals surface area contributed by atoms with Crippen molar-refractivity contribution in [2.24, 2.45) is 0 Å². The van der Waals surface area contributed by atoms with Crippen LogP contribution in [0.25, 0.3) is 0 Å². The molecule has 2 heterocycles. The predicted octanol–water partition coefficient (Wildman–Crippen LogP) is 1.29. The lowest BCUT2D eigenvalue weighted by atomic mass is 10.6. The van der Waals surface area contributed by atoms with Crippen molar-refractivity contribution in [2.45, 2.75) is 0 Å². The molecule has 0 fully saturated rings. The molecule has 0 saturated heterocycles. The first-order valence-corrected chi connectivity index (χ1v) is 5.71. The van der Waals surface area contributed by atoms with Crippen LogP contribution in [0.5, 0.6) is 0 Å². The van der Waals surface area contributed by atoms with Gasteiger partial charge in [0, 0.05) is 18.6 Å². The fraction of sp³-hybridized carbons (Fsp3) is 0.143. The first kappa shape index (κ1) is 9.99. The Hall–Kier alpha value is -1.54. The lowest BCUT2D eigenvalue weighted by molar-refractivity contribution is 0.102. The van der Waals surface area contributed by atoms with Gasteiger partial charge < -0.3 is 5.32 Å². The summed E-state index contributed by atoms with van der Waals surface area (Å²) in [5.74, 6) is -0.288. The minimum absolute atomic E-state index is 0.288. The molecule has 0 unspecified atom stereocenters. The third kappa shape index (κ3) is 2.28.